The highest BCUT2D eigenvalue weighted by Gasteiger charge is 2.08. The molecule has 1 heterocycles. The van der Waals surface area contributed by atoms with Crippen LogP contribution >= 0.6 is 0 Å². The van der Waals surface area contributed by atoms with Crippen LogP contribution in [0.5, 0.6) is 11.8 Å². The van der Waals surface area contributed by atoms with Crippen LogP contribution in [0.4, 0.5) is 0 Å². The van der Waals surface area contributed by atoms with E-state index in [2.05, 4.69) is 4.98 Å². The number of methoxy groups -OCH3 is 2. The van der Waals surface area contributed by atoms with Crippen molar-refractivity contribution < 1.29 is 14.3 Å². The maximum absolute atomic E-state index is 10.5. The van der Waals surface area contributed by atoms with Crippen LogP contribution < -0.4 is 9.47 Å². The molecule has 0 spiro atoms. The Labute approximate surface area is 105 Å². The highest BCUT2D eigenvalue weighted by molar-refractivity contribution is 5.78. The first-order valence-corrected chi connectivity index (χ1v) is 5.36. The standard InChI is InChI=1S/C14H12NO3/c1-17-13-8-7-12(14(15-13)18-2)11-5-3-10(9-16)4-6-11/h3-8H,1-2H3. The van der Waals surface area contributed by atoms with Crippen LogP contribution in [-0.4, -0.2) is 25.5 Å². The van der Waals surface area contributed by atoms with Crippen molar-refractivity contribution in [2.75, 3.05) is 14.2 Å². The molecular weight excluding hydrogens is 230 g/mol. The molecule has 0 saturated carbocycles. The van der Waals surface area contributed by atoms with E-state index in [0.717, 1.165) is 11.1 Å². The molecule has 2 aromatic rings. The maximum atomic E-state index is 10.5. The Morgan fingerprint density at radius 3 is 2.28 bits per heavy atom. The van der Waals surface area contributed by atoms with Gasteiger partial charge in [-0.05, 0) is 11.6 Å². The molecule has 0 unspecified atom stereocenters. The van der Waals surface area contributed by atoms with Gasteiger partial charge in [0.05, 0.1) is 14.2 Å². The summed E-state index contributed by atoms with van der Waals surface area (Å²) in [6.07, 6.45) is 1.84. The predicted molar refractivity (Wildman–Crippen MR) is 67.6 cm³/mol. The van der Waals surface area contributed by atoms with Crippen molar-refractivity contribution in [3.8, 4) is 22.9 Å². The summed E-state index contributed by atoms with van der Waals surface area (Å²) < 4.78 is 10.3. The van der Waals surface area contributed by atoms with E-state index in [1.54, 1.807) is 32.4 Å². The van der Waals surface area contributed by atoms with Crippen molar-refractivity contribution in [3.05, 3.63) is 42.0 Å². The number of hydrogen-bond donors (Lipinski definition) is 0. The van der Waals surface area contributed by atoms with Gasteiger partial charge in [0, 0.05) is 17.2 Å². The zero-order valence-corrected chi connectivity index (χ0v) is 10.1. The molecule has 0 fully saturated rings. The first-order chi connectivity index (χ1) is 8.78. The van der Waals surface area contributed by atoms with E-state index in [4.69, 9.17) is 9.47 Å². The first kappa shape index (κ1) is 12.1. The molecule has 0 amide bonds. The highest BCUT2D eigenvalue weighted by Crippen LogP contribution is 2.30. The Hall–Kier alpha value is -2.36. The molecule has 4 nitrogen and oxygen atoms in total. The topological polar surface area (TPSA) is 48.4 Å². The molecule has 1 aromatic heterocycles. The minimum atomic E-state index is 0.484. The SMILES string of the molecule is COc1ccc(-c2ccc([C]=O)cc2)c(OC)n1. The lowest BCUT2D eigenvalue weighted by Gasteiger charge is -2.09. The number of carbonyl (C=O) groups excluding carboxylic acids is 1. The van der Waals surface area contributed by atoms with Gasteiger partial charge in [-0.15, -0.1) is 0 Å². The van der Waals surface area contributed by atoms with Crippen LogP contribution in [0, 0.1) is 0 Å². The predicted octanol–water partition coefficient (Wildman–Crippen LogP) is 2.22. The monoisotopic (exact) mass is 242 g/mol. The number of ether oxygens (including phenoxy) is 2. The lowest BCUT2D eigenvalue weighted by molar-refractivity contribution is 0.366. The Morgan fingerprint density at radius 1 is 1.00 bits per heavy atom. The van der Waals surface area contributed by atoms with E-state index >= 15 is 0 Å². The van der Waals surface area contributed by atoms with Gasteiger partial charge >= 0.3 is 0 Å². The largest absolute Gasteiger partial charge is 0.481 e. The molecular formula is C14H12NO3. The molecule has 1 radical (unpaired) electrons. The summed E-state index contributed by atoms with van der Waals surface area (Å²) in [7, 11) is 3.11. The van der Waals surface area contributed by atoms with Gasteiger partial charge in [0.1, 0.15) is 0 Å². The van der Waals surface area contributed by atoms with E-state index < -0.39 is 0 Å². The smallest absolute Gasteiger partial charge is 0.233 e. The maximum Gasteiger partial charge on any atom is 0.233 e. The summed E-state index contributed by atoms with van der Waals surface area (Å²) in [6, 6.07) is 10.7. The molecule has 0 aliphatic carbocycles. The fourth-order valence-corrected chi connectivity index (χ4v) is 1.63. The average molecular weight is 242 g/mol. The quantitative estimate of drug-likeness (QED) is 0.824. The Kier molecular flexibility index (Phi) is 3.57. The third-order valence-electron chi connectivity index (χ3n) is 2.55. The molecule has 4 heteroatoms. The first-order valence-electron chi connectivity index (χ1n) is 5.36. The van der Waals surface area contributed by atoms with E-state index in [0.29, 0.717) is 17.3 Å². The van der Waals surface area contributed by atoms with Gasteiger partial charge in [0.15, 0.2) is 0 Å². The third kappa shape index (κ3) is 2.32. The van der Waals surface area contributed by atoms with Crippen LogP contribution in [-0.2, 0) is 4.79 Å². The Balaban J connectivity index is 2.45. The molecule has 18 heavy (non-hydrogen) atoms. The molecule has 0 bridgehead atoms. The van der Waals surface area contributed by atoms with Gasteiger partial charge < -0.3 is 9.47 Å². The molecule has 2 rings (SSSR count). The molecule has 91 valence electrons. The lowest BCUT2D eigenvalue weighted by atomic mass is 10.1. The summed E-state index contributed by atoms with van der Waals surface area (Å²) in [5, 5.41) is 0. The van der Waals surface area contributed by atoms with E-state index in [1.165, 1.54) is 0 Å². The van der Waals surface area contributed by atoms with Gasteiger partial charge in [-0.2, -0.15) is 4.98 Å². The number of aromatic nitrogens is 1. The molecule has 1 aromatic carbocycles. The molecule has 0 atom stereocenters. The van der Waals surface area contributed by atoms with Gasteiger partial charge in [-0.25, -0.2) is 0 Å². The zero-order valence-electron chi connectivity index (χ0n) is 10.1. The normalized spacial score (nSPS) is 9.89. The van der Waals surface area contributed by atoms with Crippen molar-refractivity contribution in [1.82, 2.24) is 4.98 Å². The van der Waals surface area contributed by atoms with E-state index in [9.17, 15) is 4.79 Å². The lowest BCUT2D eigenvalue weighted by Crippen LogP contribution is -1.95. The highest BCUT2D eigenvalue weighted by atomic mass is 16.5. The molecule has 0 N–H and O–H groups in total. The Bertz CT molecular complexity index is 549. The van der Waals surface area contributed by atoms with Crippen LogP contribution in [0.3, 0.4) is 0 Å². The van der Waals surface area contributed by atoms with Gasteiger partial charge in [0.25, 0.3) is 0 Å². The van der Waals surface area contributed by atoms with E-state index in [1.807, 2.05) is 24.5 Å². The van der Waals surface area contributed by atoms with Crippen molar-refractivity contribution in [3.63, 3.8) is 0 Å². The third-order valence-corrected chi connectivity index (χ3v) is 2.55. The van der Waals surface area contributed by atoms with Crippen molar-refractivity contribution in [2.24, 2.45) is 0 Å². The van der Waals surface area contributed by atoms with Gasteiger partial charge in [0.2, 0.25) is 18.0 Å². The number of nitrogens with zero attached hydrogens (tertiary/aromatic N) is 1. The summed E-state index contributed by atoms with van der Waals surface area (Å²) >= 11 is 0. The summed E-state index contributed by atoms with van der Waals surface area (Å²) in [6.45, 7) is 0. The zero-order chi connectivity index (χ0) is 13.0. The van der Waals surface area contributed by atoms with Gasteiger partial charge in [-0.3, -0.25) is 4.79 Å². The van der Waals surface area contributed by atoms with Crippen LogP contribution in [0.1, 0.15) is 5.56 Å². The molecule has 0 saturated heterocycles. The van der Waals surface area contributed by atoms with Crippen molar-refractivity contribution >= 4 is 6.29 Å². The minimum absolute atomic E-state index is 0.484. The number of pyridine rings is 1. The van der Waals surface area contributed by atoms with Crippen molar-refractivity contribution in [2.45, 2.75) is 0 Å². The second-order valence-electron chi connectivity index (χ2n) is 3.59. The average Bonchev–Trinajstić information content (AvgIpc) is 2.46. The van der Waals surface area contributed by atoms with Crippen LogP contribution in [0.25, 0.3) is 11.1 Å². The van der Waals surface area contributed by atoms with Crippen LogP contribution in [0.15, 0.2) is 36.4 Å². The second-order valence-corrected chi connectivity index (χ2v) is 3.59. The molecule has 0 aliphatic heterocycles. The Morgan fingerprint density at radius 2 is 1.72 bits per heavy atom. The number of benzene rings is 1. The fraction of sp³-hybridized carbons (Fsp3) is 0.143. The summed E-state index contributed by atoms with van der Waals surface area (Å²) in [5.41, 5.74) is 2.27. The number of rotatable bonds is 4. The molecule has 0 aliphatic rings. The van der Waals surface area contributed by atoms with E-state index in [-0.39, 0.29) is 0 Å². The van der Waals surface area contributed by atoms with Gasteiger partial charge in [-0.1, -0.05) is 24.3 Å². The summed E-state index contributed by atoms with van der Waals surface area (Å²) in [4.78, 5) is 14.7. The fourth-order valence-electron chi connectivity index (χ4n) is 1.63. The summed E-state index contributed by atoms with van der Waals surface area (Å²) in [5.74, 6) is 0.977. The number of hydrogen-bond acceptors (Lipinski definition) is 4. The second kappa shape index (κ2) is 5.31. The van der Waals surface area contributed by atoms with Crippen molar-refractivity contribution in [1.29, 1.82) is 0 Å². The van der Waals surface area contributed by atoms with Crippen LogP contribution in [0.2, 0.25) is 0 Å². The minimum Gasteiger partial charge on any atom is -0.481 e.